The summed E-state index contributed by atoms with van der Waals surface area (Å²) in [5.41, 5.74) is 4.77. The Balaban J connectivity index is 1.69. The van der Waals surface area contributed by atoms with Crippen molar-refractivity contribution in [1.82, 2.24) is 4.98 Å². The lowest BCUT2D eigenvalue weighted by molar-refractivity contribution is 0.364. The second-order valence-corrected chi connectivity index (χ2v) is 7.31. The van der Waals surface area contributed by atoms with Gasteiger partial charge in [0, 0.05) is 16.4 Å². The Morgan fingerprint density at radius 2 is 1.44 bits per heavy atom. The molecule has 1 aromatic carbocycles. The van der Waals surface area contributed by atoms with Gasteiger partial charge in [-0.3, -0.25) is 0 Å². The maximum Gasteiger partial charge on any atom is 0.227 e. The van der Waals surface area contributed by atoms with Crippen molar-refractivity contribution in [2.75, 3.05) is 0 Å². The summed E-state index contributed by atoms with van der Waals surface area (Å²) in [6.45, 7) is 0. The van der Waals surface area contributed by atoms with Gasteiger partial charge in [-0.25, -0.2) is 4.98 Å². The van der Waals surface area contributed by atoms with E-state index < -0.39 is 0 Å². The Morgan fingerprint density at radius 1 is 0.741 bits per heavy atom. The number of benzene rings is 1. The van der Waals surface area contributed by atoms with Crippen molar-refractivity contribution in [1.29, 1.82) is 0 Å². The molecule has 0 amide bonds. The number of nitrogens with zero attached hydrogens (tertiary/aromatic N) is 1. The van der Waals surface area contributed by atoms with Crippen LogP contribution in [-0.2, 0) is 0 Å². The number of fused-ring (bicyclic) bond motifs is 1. The van der Waals surface area contributed by atoms with Crippen LogP contribution in [0.3, 0.4) is 0 Å². The molecule has 6 rings (SSSR count). The molecule has 2 aromatic rings. The second-order valence-electron chi connectivity index (χ2n) is 7.31. The van der Waals surface area contributed by atoms with Crippen LogP contribution in [0.1, 0.15) is 5.89 Å². The highest BCUT2D eigenvalue weighted by molar-refractivity contribution is 5.86. The molecule has 2 unspecified atom stereocenters. The van der Waals surface area contributed by atoms with E-state index in [1.54, 1.807) is 0 Å². The number of para-hydroxylation sites is 2. The Hall–Kier alpha value is -3.39. The van der Waals surface area contributed by atoms with Gasteiger partial charge in [0.1, 0.15) is 5.52 Å². The zero-order chi connectivity index (χ0) is 17.9. The summed E-state index contributed by atoms with van der Waals surface area (Å²) in [6, 6.07) is 7.93. The van der Waals surface area contributed by atoms with Crippen molar-refractivity contribution in [3.8, 4) is 0 Å². The van der Waals surface area contributed by atoms with Crippen molar-refractivity contribution in [2.45, 2.75) is 0 Å². The predicted molar refractivity (Wildman–Crippen MR) is 109 cm³/mol. The monoisotopic (exact) mass is 347 g/mol. The van der Waals surface area contributed by atoms with E-state index in [2.05, 4.69) is 79.0 Å². The van der Waals surface area contributed by atoms with E-state index >= 15 is 0 Å². The zero-order valence-corrected chi connectivity index (χ0v) is 14.7. The molecule has 4 aliphatic rings. The zero-order valence-electron chi connectivity index (χ0n) is 14.7. The minimum atomic E-state index is -0.266. The molecule has 2 spiro atoms. The summed E-state index contributed by atoms with van der Waals surface area (Å²) in [6.07, 6.45) is 28.7. The van der Waals surface area contributed by atoms with Gasteiger partial charge >= 0.3 is 0 Å². The lowest BCUT2D eigenvalue weighted by atomic mass is 9.50. The third kappa shape index (κ3) is 1.77. The van der Waals surface area contributed by atoms with E-state index in [1.807, 2.05) is 24.3 Å². The van der Waals surface area contributed by atoms with Gasteiger partial charge in [0.2, 0.25) is 5.89 Å². The maximum atomic E-state index is 6.15. The topological polar surface area (TPSA) is 26.0 Å². The first-order valence-electron chi connectivity index (χ1n) is 9.24. The van der Waals surface area contributed by atoms with E-state index in [0.717, 1.165) is 16.7 Å². The van der Waals surface area contributed by atoms with Crippen molar-refractivity contribution in [2.24, 2.45) is 10.8 Å². The average molecular weight is 347 g/mol. The fourth-order valence-corrected chi connectivity index (χ4v) is 4.79. The minimum absolute atomic E-state index is 0.206. The molecule has 0 N–H and O–H groups in total. The van der Waals surface area contributed by atoms with Crippen LogP contribution in [0.5, 0.6) is 0 Å². The number of rotatable bonds is 1. The molecule has 0 bridgehead atoms. The fraction of sp³-hybridized carbons (Fsp3) is 0.0800. The van der Waals surface area contributed by atoms with Crippen LogP contribution < -0.4 is 0 Å². The Bertz CT molecular complexity index is 1170. The SMILES string of the molecule is C1=CC2=CC(c3nc4ccccc4o3)=C3C=CC=CC34C=CC=CC24C=C1. The molecule has 2 atom stereocenters. The maximum absolute atomic E-state index is 6.15. The molecular weight excluding hydrogens is 330 g/mol. The first-order valence-corrected chi connectivity index (χ1v) is 9.24. The van der Waals surface area contributed by atoms with Crippen LogP contribution in [0.25, 0.3) is 16.7 Å². The van der Waals surface area contributed by atoms with Gasteiger partial charge in [0.15, 0.2) is 5.58 Å². The number of hydrogen-bond acceptors (Lipinski definition) is 2. The lowest BCUT2D eigenvalue weighted by Crippen LogP contribution is -2.43. The molecule has 1 aromatic heterocycles. The first kappa shape index (κ1) is 14.7. The summed E-state index contributed by atoms with van der Waals surface area (Å²) >= 11 is 0. The molecule has 0 radical (unpaired) electrons. The highest BCUT2D eigenvalue weighted by Gasteiger charge is 2.53. The highest BCUT2D eigenvalue weighted by Crippen LogP contribution is 2.62. The Kier molecular flexibility index (Phi) is 2.77. The van der Waals surface area contributed by atoms with Crippen LogP contribution in [-0.4, -0.2) is 4.98 Å². The first-order chi connectivity index (χ1) is 13.3. The lowest BCUT2D eigenvalue weighted by Gasteiger charge is -2.51. The molecule has 0 saturated carbocycles. The van der Waals surface area contributed by atoms with Crippen molar-refractivity contribution in [3.63, 3.8) is 0 Å². The summed E-state index contributed by atoms with van der Waals surface area (Å²) < 4.78 is 6.15. The average Bonchev–Trinajstić information content (AvgIpc) is 3.15. The van der Waals surface area contributed by atoms with Crippen LogP contribution in [0, 0.1) is 10.8 Å². The summed E-state index contributed by atoms with van der Waals surface area (Å²) in [5.74, 6) is 0.678. The fourth-order valence-electron chi connectivity index (χ4n) is 4.79. The van der Waals surface area contributed by atoms with Crippen LogP contribution >= 0.6 is 0 Å². The van der Waals surface area contributed by atoms with E-state index in [0.29, 0.717) is 5.89 Å². The molecule has 4 aliphatic carbocycles. The molecule has 0 saturated heterocycles. The van der Waals surface area contributed by atoms with Gasteiger partial charge in [0.05, 0.1) is 0 Å². The normalized spacial score (nSPS) is 29.7. The standard InChI is InChI=1S/C25H17NO/c1-2-12-22-21(11-1)26-23(27-22)19-17-18-9-3-5-13-24(18)14-7-8-16-25(24)15-6-4-10-20(19)25/h1-17H. The van der Waals surface area contributed by atoms with Gasteiger partial charge in [-0.2, -0.15) is 0 Å². The predicted octanol–water partition coefficient (Wildman–Crippen LogP) is 5.87. The van der Waals surface area contributed by atoms with Crippen LogP contribution in [0.2, 0.25) is 0 Å². The molecule has 27 heavy (non-hydrogen) atoms. The minimum Gasteiger partial charge on any atom is -0.436 e. The third-order valence-corrected chi connectivity index (χ3v) is 6.03. The molecule has 1 heterocycles. The molecule has 2 heteroatoms. The van der Waals surface area contributed by atoms with Gasteiger partial charge in [-0.1, -0.05) is 85.0 Å². The largest absolute Gasteiger partial charge is 0.436 e. The molecule has 0 fully saturated rings. The number of hydrogen-bond donors (Lipinski definition) is 0. The van der Waals surface area contributed by atoms with E-state index in [-0.39, 0.29) is 10.8 Å². The summed E-state index contributed by atoms with van der Waals surface area (Å²) in [5, 5.41) is 0. The highest BCUT2D eigenvalue weighted by atomic mass is 16.3. The van der Waals surface area contributed by atoms with Gasteiger partial charge in [0.25, 0.3) is 0 Å². The summed E-state index contributed by atoms with van der Waals surface area (Å²) in [7, 11) is 0. The Morgan fingerprint density at radius 3 is 2.26 bits per heavy atom. The van der Waals surface area contributed by atoms with Gasteiger partial charge in [-0.05, 0) is 29.4 Å². The molecular formula is C25H17NO. The van der Waals surface area contributed by atoms with Gasteiger partial charge in [-0.15, -0.1) is 0 Å². The van der Waals surface area contributed by atoms with E-state index in [9.17, 15) is 0 Å². The van der Waals surface area contributed by atoms with Crippen molar-refractivity contribution in [3.05, 3.63) is 120 Å². The third-order valence-electron chi connectivity index (χ3n) is 6.03. The van der Waals surface area contributed by atoms with Gasteiger partial charge < -0.3 is 4.42 Å². The quantitative estimate of drug-likeness (QED) is 0.644. The Labute approximate surface area is 157 Å². The number of aromatic nitrogens is 1. The van der Waals surface area contributed by atoms with Crippen molar-refractivity contribution < 1.29 is 4.42 Å². The number of allylic oxidation sites excluding steroid dienone is 16. The summed E-state index contributed by atoms with van der Waals surface area (Å²) in [4.78, 5) is 4.79. The smallest absolute Gasteiger partial charge is 0.227 e. The van der Waals surface area contributed by atoms with Crippen LogP contribution in [0.4, 0.5) is 0 Å². The molecule has 128 valence electrons. The second kappa shape index (κ2) is 5.08. The van der Waals surface area contributed by atoms with Crippen molar-refractivity contribution >= 4 is 16.7 Å². The van der Waals surface area contributed by atoms with E-state index in [1.165, 1.54) is 11.1 Å². The molecule has 0 aliphatic heterocycles. The van der Waals surface area contributed by atoms with E-state index in [4.69, 9.17) is 9.40 Å². The number of oxazole rings is 1. The van der Waals surface area contributed by atoms with Crippen LogP contribution in [0.15, 0.2) is 119 Å². The molecule has 2 nitrogen and oxygen atoms in total.